The molecule has 1 atom stereocenters. The highest BCUT2D eigenvalue weighted by Crippen LogP contribution is 2.30. The first kappa shape index (κ1) is 14.9. The molecule has 2 rings (SSSR count). The van der Waals surface area contributed by atoms with Gasteiger partial charge in [-0.25, -0.2) is 0 Å². The monoisotopic (exact) mass is 306 g/mol. The number of thiocarbonyl (C=S) groups is 1. The quantitative estimate of drug-likeness (QED) is 0.643. The van der Waals surface area contributed by atoms with Gasteiger partial charge in [-0.2, -0.15) is 0 Å². The molecule has 0 aliphatic heterocycles. The van der Waals surface area contributed by atoms with E-state index in [2.05, 4.69) is 5.32 Å². The zero-order valence-corrected chi connectivity index (χ0v) is 13.4. The van der Waals surface area contributed by atoms with Crippen molar-refractivity contribution in [3.05, 3.63) is 47.4 Å². The SMILES string of the molecule is CSc1cccc(NC(C)c2ccc(C)o2)c1C(N)=S. The summed E-state index contributed by atoms with van der Waals surface area (Å²) in [6.07, 6.45) is 2.01. The fourth-order valence-corrected chi connectivity index (χ4v) is 2.99. The Morgan fingerprint density at radius 2 is 2.10 bits per heavy atom. The van der Waals surface area contributed by atoms with Crippen molar-refractivity contribution in [1.29, 1.82) is 0 Å². The van der Waals surface area contributed by atoms with E-state index in [1.807, 2.05) is 50.4 Å². The summed E-state index contributed by atoms with van der Waals surface area (Å²) in [6.45, 7) is 3.98. The van der Waals surface area contributed by atoms with Crippen LogP contribution in [-0.2, 0) is 0 Å². The number of thioether (sulfide) groups is 1. The second-order valence-corrected chi connectivity index (χ2v) is 5.85. The van der Waals surface area contributed by atoms with Crippen molar-refractivity contribution in [1.82, 2.24) is 0 Å². The van der Waals surface area contributed by atoms with E-state index in [-0.39, 0.29) is 6.04 Å². The van der Waals surface area contributed by atoms with Gasteiger partial charge in [-0.05, 0) is 44.4 Å². The molecule has 0 bridgehead atoms. The molecule has 1 unspecified atom stereocenters. The van der Waals surface area contributed by atoms with E-state index in [4.69, 9.17) is 22.4 Å². The van der Waals surface area contributed by atoms with E-state index in [9.17, 15) is 0 Å². The number of nitrogens with one attached hydrogen (secondary N) is 1. The maximum Gasteiger partial charge on any atom is 0.126 e. The van der Waals surface area contributed by atoms with E-state index in [1.165, 1.54) is 0 Å². The van der Waals surface area contributed by atoms with Crippen molar-refractivity contribution < 1.29 is 4.42 Å². The second kappa shape index (κ2) is 6.33. The third-order valence-electron chi connectivity index (χ3n) is 3.05. The van der Waals surface area contributed by atoms with Gasteiger partial charge in [-0.15, -0.1) is 11.8 Å². The minimum Gasteiger partial charge on any atom is -0.464 e. The normalized spacial score (nSPS) is 12.2. The van der Waals surface area contributed by atoms with Crippen molar-refractivity contribution in [2.24, 2.45) is 5.73 Å². The maximum atomic E-state index is 5.86. The van der Waals surface area contributed by atoms with E-state index in [1.54, 1.807) is 11.8 Å². The Hall–Kier alpha value is -1.46. The summed E-state index contributed by atoms with van der Waals surface area (Å²) in [5.74, 6) is 1.80. The van der Waals surface area contributed by atoms with Gasteiger partial charge in [0.15, 0.2) is 0 Å². The van der Waals surface area contributed by atoms with Gasteiger partial charge in [0.2, 0.25) is 0 Å². The zero-order valence-electron chi connectivity index (χ0n) is 11.8. The highest BCUT2D eigenvalue weighted by atomic mass is 32.2. The average Bonchev–Trinajstić information content (AvgIpc) is 2.84. The van der Waals surface area contributed by atoms with Gasteiger partial charge in [0.1, 0.15) is 16.5 Å². The summed E-state index contributed by atoms with van der Waals surface area (Å²) < 4.78 is 5.64. The van der Waals surface area contributed by atoms with Gasteiger partial charge < -0.3 is 15.5 Å². The van der Waals surface area contributed by atoms with Crippen molar-refractivity contribution in [2.45, 2.75) is 24.8 Å². The van der Waals surface area contributed by atoms with Crippen molar-refractivity contribution in [3.8, 4) is 0 Å². The molecule has 0 aliphatic rings. The number of furan rings is 1. The molecular formula is C15H18N2OS2. The lowest BCUT2D eigenvalue weighted by Gasteiger charge is -2.18. The molecule has 0 saturated heterocycles. The lowest BCUT2D eigenvalue weighted by atomic mass is 10.1. The molecule has 2 aromatic rings. The molecule has 0 amide bonds. The number of hydrogen-bond donors (Lipinski definition) is 2. The molecule has 3 N–H and O–H groups in total. The van der Waals surface area contributed by atoms with Crippen molar-refractivity contribution in [2.75, 3.05) is 11.6 Å². The van der Waals surface area contributed by atoms with E-state index in [0.717, 1.165) is 27.7 Å². The molecule has 5 heteroatoms. The number of aryl methyl sites for hydroxylation is 1. The van der Waals surface area contributed by atoms with Crippen LogP contribution < -0.4 is 11.1 Å². The predicted molar refractivity (Wildman–Crippen MR) is 89.6 cm³/mol. The smallest absolute Gasteiger partial charge is 0.126 e. The fourth-order valence-electron chi connectivity index (χ4n) is 2.07. The molecule has 0 radical (unpaired) electrons. The van der Waals surface area contributed by atoms with Crippen LogP contribution in [0.2, 0.25) is 0 Å². The Morgan fingerprint density at radius 3 is 2.65 bits per heavy atom. The first-order valence-electron chi connectivity index (χ1n) is 6.32. The van der Waals surface area contributed by atoms with Crippen LogP contribution in [0.15, 0.2) is 39.6 Å². The predicted octanol–water partition coefficient (Wildman–Crippen LogP) is 4.12. The van der Waals surface area contributed by atoms with Crippen LogP contribution in [0.4, 0.5) is 5.69 Å². The third-order valence-corrected chi connectivity index (χ3v) is 4.04. The average molecular weight is 306 g/mol. The topological polar surface area (TPSA) is 51.2 Å². The number of hydrogen-bond acceptors (Lipinski definition) is 4. The van der Waals surface area contributed by atoms with Crippen LogP contribution in [0, 0.1) is 6.92 Å². The third kappa shape index (κ3) is 3.16. The molecular weight excluding hydrogens is 288 g/mol. The van der Waals surface area contributed by atoms with E-state index in [0.29, 0.717) is 4.99 Å². The van der Waals surface area contributed by atoms with Crippen LogP contribution in [0.3, 0.4) is 0 Å². The summed E-state index contributed by atoms with van der Waals surface area (Å²) in [7, 11) is 0. The molecule has 1 heterocycles. The molecule has 0 saturated carbocycles. The van der Waals surface area contributed by atoms with E-state index < -0.39 is 0 Å². The summed E-state index contributed by atoms with van der Waals surface area (Å²) >= 11 is 6.81. The Bertz CT molecular complexity index is 622. The van der Waals surface area contributed by atoms with Crippen LogP contribution in [0.5, 0.6) is 0 Å². The molecule has 1 aromatic heterocycles. The summed E-state index contributed by atoms with van der Waals surface area (Å²) in [6, 6.07) is 9.99. The highest BCUT2D eigenvalue weighted by Gasteiger charge is 2.15. The van der Waals surface area contributed by atoms with Crippen molar-refractivity contribution >= 4 is 34.7 Å². The molecule has 20 heavy (non-hydrogen) atoms. The lowest BCUT2D eigenvalue weighted by molar-refractivity contribution is 0.467. The van der Waals surface area contributed by atoms with Gasteiger partial charge in [0.25, 0.3) is 0 Å². The molecule has 0 aliphatic carbocycles. The summed E-state index contributed by atoms with van der Waals surface area (Å²) in [5, 5.41) is 3.42. The molecule has 106 valence electrons. The largest absolute Gasteiger partial charge is 0.464 e. The van der Waals surface area contributed by atoms with Gasteiger partial charge in [0.05, 0.1) is 6.04 Å². The molecule has 3 nitrogen and oxygen atoms in total. The van der Waals surface area contributed by atoms with Crippen LogP contribution in [0.25, 0.3) is 0 Å². The molecule has 0 fully saturated rings. The lowest BCUT2D eigenvalue weighted by Crippen LogP contribution is -2.16. The van der Waals surface area contributed by atoms with Crippen LogP contribution >= 0.6 is 24.0 Å². The summed E-state index contributed by atoms with van der Waals surface area (Å²) in [4.78, 5) is 1.48. The number of rotatable bonds is 5. The maximum absolute atomic E-state index is 5.86. The zero-order chi connectivity index (χ0) is 14.7. The number of nitrogens with two attached hydrogens (primary N) is 1. The van der Waals surface area contributed by atoms with Gasteiger partial charge in [0, 0.05) is 16.1 Å². The van der Waals surface area contributed by atoms with Crippen molar-refractivity contribution in [3.63, 3.8) is 0 Å². The Balaban J connectivity index is 2.31. The minimum absolute atomic E-state index is 0.0499. The first-order valence-corrected chi connectivity index (χ1v) is 7.96. The summed E-state index contributed by atoms with van der Waals surface area (Å²) in [5.41, 5.74) is 7.69. The van der Waals surface area contributed by atoms with Crippen LogP contribution in [0.1, 0.15) is 30.0 Å². The van der Waals surface area contributed by atoms with Crippen LogP contribution in [-0.4, -0.2) is 11.2 Å². The standard InChI is InChI=1S/C15H18N2OS2/c1-9-7-8-12(18-9)10(2)17-11-5-4-6-13(20-3)14(11)15(16)19/h4-8,10,17H,1-3H3,(H2,16,19). The Morgan fingerprint density at radius 1 is 1.35 bits per heavy atom. The minimum atomic E-state index is 0.0499. The molecule has 1 aromatic carbocycles. The van der Waals surface area contributed by atoms with Gasteiger partial charge >= 0.3 is 0 Å². The van der Waals surface area contributed by atoms with Gasteiger partial charge in [-0.1, -0.05) is 18.3 Å². The first-order chi connectivity index (χ1) is 9.52. The van der Waals surface area contributed by atoms with E-state index >= 15 is 0 Å². The Labute approximate surface area is 128 Å². The Kier molecular flexibility index (Phi) is 4.73. The fraction of sp³-hybridized carbons (Fsp3) is 0.267. The molecule has 0 spiro atoms. The number of anilines is 1. The highest BCUT2D eigenvalue weighted by molar-refractivity contribution is 7.98. The van der Waals surface area contributed by atoms with Gasteiger partial charge in [-0.3, -0.25) is 0 Å². The second-order valence-electron chi connectivity index (χ2n) is 4.56. The number of benzene rings is 1.